The lowest BCUT2D eigenvalue weighted by Crippen LogP contribution is -2.61. The first kappa shape index (κ1) is 13.1. The fourth-order valence-corrected chi connectivity index (χ4v) is 6.54. The Labute approximate surface area is 129 Å². The van der Waals surface area contributed by atoms with Crippen molar-refractivity contribution in [2.24, 2.45) is 16.7 Å². The van der Waals surface area contributed by atoms with Gasteiger partial charge in [0.15, 0.2) is 0 Å². The predicted molar refractivity (Wildman–Crippen MR) is 85.7 cm³/mol. The molecule has 1 aromatic rings. The molecule has 0 aromatic carbocycles. The highest BCUT2D eigenvalue weighted by Crippen LogP contribution is 2.66. The van der Waals surface area contributed by atoms with Crippen LogP contribution >= 0.6 is 15.9 Å². The number of nitrogens with one attached hydrogen (secondary N) is 1. The van der Waals surface area contributed by atoms with Gasteiger partial charge < -0.3 is 5.32 Å². The Morgan fingerprint density at radius 2 is 1.80 bits per heavy atom. The van der Waals surface area contributed by atoms with Gasteiger partial charge in [0.05, 0.1) is 0 Å². The van der Waals surface area contributed by atoms with Crippen molar-refractivity contribution in [2.45, 2.75) is 57.9 Å². The minimum Gasteiger partial charge on any atom is -0.365 e. The molecule has 20 heavy (non-hydrogen) atoms. The largest absolute Gasteiger partial charge is 0.365 e. The number of aromatic nitrogens is 1. The van der Waals surface area contributed by atoms with Crippen molar-refractivity contribution >= 4 is 21.7 Å². The van der Waals surface area contributed by atoms with Crippen molar-refractivity contribution in [3.8, 4) is 0 Å². The minimum absolute atomic E-state index is 0.295. The molecule has 4 saturated carbocycles. The average molecular weight is 335 g/mol. The predicted octanol–water partition coefficient (Wildman–Crippen LogP) is 5.01. The van der Waals surface area contributed by atoms with Crippen LogP contribution in [0, 0.1) is 16.7 Å². The maximum atomic E-state index is 4.54. The van der Waals surface area contributed by atoms with Gasteiger partial charge in [-0.1, -0.05) is 13.8 Å². The van der Waals surface area contributed by atoms with Gasteiger partial charge in [0.25, 0.3) is 0 Å². The number of nitrogens with zero attached hydrogens (tertiary/aromatic N) is 1. The summed E-state index contributed by atoms with van der Waals surface area (Å²) in [4.78, 5) is 4.54. The first-order valence-corrected chi connectivity index (χ1v) is 8.57. The van der Waals surface area contributed by atoms with Crippen LogP contribution in [-0.4, -0.2) is 10.5 Å². The molecule has 0 amide bonds. The Balaban J connectivity index is 1.65. The van der Waals surface area contributed by atoms with Gasteiger partial charge in [0.1, 0.15) is 5.82 Å². The zero-order chi connectivity index (χ0) is 14.0. The summed E-state index contributed by atoms with van der Waals surface area (Å²) in [5.74, 6) is 1.96. The number of hydrogen-bond donors (Lipinski definition) is 1. The van der Waals surface area contributed by atoms with Gasteiger partial charge in [0, 0.05) is 16.2 Å². The highest BCUT2D eigenvalue weighted by Gasteiger charge is 2.60. The second kappa shape index (κ2) is 4.00. The molecular weight excluding hydrogens is 312 g/mol. The van der Waals surface area contributed by atoms with Gasteiger partial charge in [-0.05, 0) is 83.3 Å². The van der Waals surface area contributed by atoms with Crippen LogP contribution in [0.5, 0.6) is 0 Å². The SMILES string of the molecule is CC12CC3CC(C)(C1)CC(Nc1ccc(Br)cn1)(C3)C2. The number of hydrogen-bond acceptors (Lipinski definition) is 2. The first-order valence-electron chi connectivity index (χ1n) is 7.78. The molecule has 0 saturated heterocycles. The second-order valence-electron chi connectivity index (χ2n) is 8.40. The van der Waals surface area contributed by atoms with Gasteiger partial charge in [-0.3, -0.25) is 0 Å². The molecule has 1 aromatic heterocycles. The van der Waals surface area contributed by atoms with Gasteiger partial charge in [0.2, 0.25) is 0 Å². The van der Waals surface area contributed by atoms with Crippen LogP contribution in [0.4, 0.5) is 5.82 Å². The normalized spacial score (nSPS) is 45.6. The number of rotatable bonds is 2. The number of anilines is 1. The Hall–Kier alpha value is -0.570. The Morgan fingerprint density at radius 1 is 1.10 bits per heavy atom. The molecule has 1 N–H and O–H groups in total. The molecule has 3 heteroatoms. The molecular formula is C17H23BrN2. The summed E-state index contributed by atoms with van der Waals surface area (Å²) in [5.41, 5.74) is 1.40. The van der Waals surface area contributed by atoms with E-state index in [2.05, 4.69) is 52.2 Å². The molecule has 108 valence electrons. The third-order valence-electron chi connectivity index (χ3n) is 5.75. The Kier molecular flexibility index (Phi) is 2.62. The van der Waals surface area contributed by atoms with Crippen LogP contribution in [0.15, 0.2) is 22.8 Å². The van der Waals surface area contributed by atoms with Crippen molar-refractivity contribution in [3.63, 3.8) is 0 Å². The fraction of sp³-hybridized carbons (Fsp3) is 0.706. The molecule has 4 aliphatic rings. The van der Waals surface area contributed by atoms with Crippen molar-refractivity contribution < 1.29 is 0 Å². The molecule has 1 heterocycles. The van der Waals surface area contributed by atoms with E-state index in [1.165, 1.54) is 38.5 Å². The highest BCUT2D eigenvalue weighted by molar-refractivity contribution is 9.10. The van der Waals surface area contributed by atoms with Crippen LogP contribution < -0.4 is 5.32 Å². The van der Waals surface area contributed by atoms with Crippen LogP contribution in [0.2, 0.25) is 0 Å². The summed E-state index contributed by atoms with van der Waals surface area (Å²) < 4.78 is 1.05. The molecule has 0 aliphatic heterocycles. The van der Waals surface area contributed by atoms with Gasteiger partial charge in [-0.2, -0.15) is 0 Å². The molecule has 5 rings (SSSR count). The van der Waals surface area contributed by atoms with Gasteiger partial charge in [-0.15, -0.1) is 0 Å². The summed E-state index contributed by atoms with van der Waals surface area (Å²) in [6.45, 7) is 5.03. The zero-order valence-electron chi connectivity index (χ0n) is 12.4. The van der Waals surface area contributed by atoms with Crippen molar-refractivity contribution in [1.82, 2.24) is 4.98 Å². The molecule has 4 fully saturated rings. The van der Waals surface area contributed by atoms with E-state index in [9.17, 15) is 0 Å². The standard InChI is InChI=1S/C17H23BrN2/c1-15-5-12-6-16(2,9-15)11-17(7-12,10-15)20-14-4-3-13(18)8-19-14/h3-4,8,12H,5-7,9-11H2,1-2H3,(H,19,20). The summed E-state index contributed by atoms with van der Waals surface area (Å²) in [5, 5.41) is 3.83. The third-order valence-corrected chi connectivity index (χ3v) is 6.22. The van der Waals surface area contributed by atoms with Crippen LogP contribution in [-0.2, 0) is 0 Å². The second-order valence-corrected chi connectivity index (χ2v) is 9.31. The Morgan fingerprint density at radius 3 is 2.35 bits per heavy atom. The van der Waals surface area contributed by atoms with Gasteiger partial charge in [-0.25, -0.2) is 4.98 Å². The molecule has 4 bridgehead atoms. The van der Waals surface area contributed by atoms with E-state index < -0.39 is 0 Å². The summed E-state index contributed by atoms with van der Waals surface area (Å²) in [6, 6.07) is 4.19. The van der Waals surface area contributed by atoms with Crippen LogP contribution in [0.1, 0.15) is 52.4 Å². The quantitative estimate of drug-likeness (QED) is 0.822. The summed E-state index contributed by atoms with van der Waals surface area (Å²) in [6.07, 6.45) is 10.2. The van der Waals surface area contributed by atoms with Crippen LogP contribution in [0.25, 0.3) is 0 Å². The highest BCUT2D eigenvalue weighted by atomic mass is 79.9. The monoisotopic (exact) mass is 334 g/mol. The molecule has 0 radical (unpaired) electrons. The molecule has 4 aliphatic carbocycles. The zero-order valence-corrected chi connectivity index (χ0v) is 14.0. The third kappa shape index (κ3) is 2.09. The maximum absolute atomic E-state index is 4.54. The van der Waals surface area contributed by atoms with E-state index in [-0.39, 0.29) is 0 Å². The van der Waals surface area contributed by atoms with E-state index in [0.29, 0.717) is 16.4 Å². The van der Waals surface area contributed by atoms with Crippen molar-refractivity contribution in [3.05, 3.63) is 22.8 Å². The fourth-order valence-electron chi connectivity index (χ4n) is 6.31. The lowest BCUT2D eigenvalue weighted by Gasteiger charge is -2.65. The maximum Gasteiger partial charge on any atom is 0.126 e. The lowest BCUT2D eigenvalue weighted by atomic mass is 9.43. The Bertz CT molecular complexity index is 520. The van der Waals surface area contributed by atoms with E-state index in [1.807, 2.05) is 6.20 Å². The molecule has 2 unspecified atom stereocenters. The molecule has 2 atom stereocenters. The van der Waals surface area contributed by atoms with Crippen molar-refractivity contribution in [2.75, 3.05) is 5.32 Å². The average Bonchev–Trinajstić information content (AvgIpc) is 2.27. The first-order chi connectivity index (χ1) is 9.38. The van der Waals surface area contributed by atoms with E-state index >= 15 is 0 Å². The number of pyridine rings is 1. The number of halogens is 1. The molecule has 0 spiro atoms. The minimum atomic E-state index is 0.295. The van der Waals surface area contributed by atoms with Crippen LogP contribution in [0.3, 0.4) is 0 Å². The van der Waals surface area contributed by atoms with E-state index in [1.54, 1.807) is 0 Å². The van der Waals surface area contributed by atoms with E-state index in [4.69, 9.17) is 0 Å². The van der Waals surface area contributed by atoms with Gasteiger partial charge >= 0.3 is 0 Å². The summed E-state index contributed by atoms with van der Waals surface area (Å²) >= 11 is 3.47. The smallest absolute Gasteiger partial charge is 0.126 e. The lowest BCUT2D eigenvalue weighted by molar-refractivity contribution is -0.0973. The summed E-state index contributed by atoms with van der Waals surface area (Å²) in [7, 11) is 0. The topological polar surface area (TPSA) is 24.9 Å². The van der Waals surface area contributed by atoms with Crippen molar-refractivity contribution in [1.29, 1.82) is 0 Å². The van der Waals surface area contributed by atoms with E-state index in [0.717, 1.165) is 16.2 Å². The molecule has 2 nitrogen and oxygen atoms in total.